The largest absolute Gasteiger partial charge is 0.338 e. The number of amides is 1. The van der Waals surface area contributed by atoms with E-state index in [1.54, 1.807) is 0 Å². The molecule has 1 amide bonds. The fourth-order valence-corrected chi connectivity index (χ4v) is 3.13. The van der Waals surface area contributed by atoms with Crippen molar-refractivity contribution in [2.45, 2.75) is 38.1 Å². The standard InChI is InChI=1S/C17H24N2O/c1-19(17(20)12-18-11-13-9-10-13)16-8-4-6-14-5-2-3-7-15(14)16/h2-3,5,7,13,16,18H,4,6,8-12H2,1H3. The van der Waals surface area contributed by atoms with Gasteiger partial charge in [0.2, 0.25) is 5.91 Å². The molecule has 1 unspecified atom stereocenters. The molecule has 1 fully saturated rings. The minimum atomic E-state index is 0.215. The average Bonchev–Trinajstić information content (AvgIpc) is 3.30. The molecule has 1 aromatic carbocycles. The van der Waals surface area contributed by atoms with Crippen LogP contribution in [0.3, 0.4) is 0 Å². The maximum Gasteiger partial charge on any atom is 0.236 e. The number of likely N-dealkylation sites (N-methyl/N-ethyl adjacent to an activating group) is 1. The summed E-state index contributed by atoms with van der Waals surface area (Å²) in [6, 6.07) is 8.82. The molecule has 108 valence electrons. The molecule has 3 nitrogen and oxygen atoms in total. The summed E-state index contributed by atoms with van der Waals surface area (Å²) in [6.45, 7) is 1.48. The van der Waals surface area contributed by atoms with Gasteiger partial charge in [0.05, 0.1) is 12.6 Å². The number of aryl methyl sites for hydroxylation is 1. The summed E-state index contributed by atoms with van der Waals surface area (Å²) in [5.74, 6) is 1.04. The number of nitrogens with zero attached hydrogens (tertiary/aromatic N) is 1. The quantitative estimate of drug-likeness (QED) is 0.893. The fourth-order valence-electron chi connectivity index (χ4n) is 3.13. The summed E-state index contributed by atoms with van der Waals surface area (Å²) in [4.78, 5) is 14.3. The van der Waals surface area contributed by atoms with Crippen molar-refractivity contribution in [1.82, 2.24) is 10.2 Å². The number of hydrogen-bond donors (Lipinski definition) is 1. The van der Waals surface area contributed by atoms with Crippen LogP contribution >= 0.6 is 0 Å². The monoisotopic (exact) mass is 272 g/mol. The van der Waals surface area contributed by atoms with Gasteiger partial charge in [-0.15, -0.1) is 0 Å². The molecule has 20 heavy (non-hydrogen) atoms. The molecule has 1 aromatic rings. The van der Waals surface area contributed by atoms with E-state index in [2.05, 4.69) is 29.6 Å². The van der Waals surface area contributed by atoms with E-state index in [0.717, 1.165) is 25.3 Å². The molecule has 0 aromatic heterocycles. The minimum Gasteiger partial charge on any atom is -0.338 e. The number of benzene rings is 1. The molecule has 1 saturated carbocycles. The molecule has 0 radical (unpaired) electrons. The van der Waals surface area contributed by atoms with Gasteiger partial charge in [-0.3, -0.25) is 4.79 Å². The Kier molecular flexibility index (Phi) is 4.06. The molecule has 0 spiro atoms. The van der Waals surface area contributed by atoms with Crippen LogP contribution in [0.5, 0.6) is 0 Å². The topological polar surface area (TPSA) is 32.3 Å². The minimum absolute atomic E-state index is 0.215. The van der Waals surface area contributed by atoms with E-state index in [4.69, 9.17) is 0 Å². The molecular formula is C17H24N2O. The van der Waals surface area contributed by atoms with Crippen LogP contribution in [0.1, 0.15) is 42.9 Å². The molecule has 2 aliphatic carbocycles. The van der Waals surface area contributed by atoms with Crippen molar-refractivity contribution in [1.29, 1.82) is 0 Å². The lowest BCUT2D eigenvalue weighted by molar-refractivity contribution is -0.131. The number of nitrogens with one attached hydrogen (secondary N) is 1. The highest BCUT2D eigenvalue weighted by Gasteiger charge is 2.26. The molecule has 3 heteroatoms. The van der Waals surface area contributed by atoms with Crippen molar-refractivity contribution in [2.75, 3.05) is 20.1 Å². The van der Waals surface area contributed by atoms with Crippen LogP contribution in [0.4, 0.5) is 0 Å². The highest BCUT2D eigenvalue weighted by atomic mass is 16.2. The third-order valence-corrected chi connectivity index (χ3v) is 4.60. The van der Waals surface area contributed by atoms with E-state index in [9.17, 15) is 4.79 Å². The number of carbonyl (C=O) groups is 1. The maximum atomic E-state index is 12.3. The predicted octanol–water partition coefficient (Wildman–Crippen LogP) is 2.52. The molecule has 0 bridgehead atoms. The van der Waals surface area contributed by atoms with E-state index in [0.29, 0.717) is 6.54 Å². The Morgan fingerprint density at radius 3 is 2.90 bits per heavy atom. The smallest absolute Gasteiger partial charge is 0.236 e. The first-order chi connectivity index (χ1) is 9.75. The van der Waals surface area contributed by atoms with Gasteiger partial charge in [-0.05, 0) is 55.7 Å². The molecule has 2 aliphatic rings. The second kappa shape index (κ2) is 5.96. The molecule has 3 rings (SSSR count). The highest BCUT2D eigenvalue weighted by molar-refractivity contribution is 5.78. The average molecular weight is 272 g/mol. The van der Waals surface area contributed by atoms with Gasteiger partial charge in [0.15, 0.2) is 0 Å². The summed E-state index contributed by atoms with van der Waals surface area (Å²) in [5.41, 5.74) is 2.76. The number of carbonyl (C=O) groups excluding carboxylic acids is 1. The summed E-state index contributed by atoms with van der Waals surface area (Å²) in [7, 11) is 1.95. The van der Waals surface area contributed by atoms with E-state index in [1.165, 1.54) is 30.4 Å². The fraction of sp³-hybridized carbons (Fsp3) is 0.588. The van der Waals surface area contributed by atoms with Crippen molar-refractivity contribution in [2.24, 2.45) is 5.92 Å². The summed E-state index contributed by atoms with van der Waals surface area (Å²) in [6.07, 6.45) is 6.06. The zero-order valence-corrected chi connectivity index (χ0v) is 12.3. The van der Waals surface area contributed by atoms with Crippen LogP contribution in [-0.2, 0) is 11.2 Å². The van der Waals surface area contributed by atoms with Crippen LogP contribution in [-0.4, -0.2) is 30.9 Å². The Bertz CT molecular complexity index is 482. The Morgan fingerprint density at radius 1 is 1.30 bits per heavy atom. The predicted molar refractivity (Wildman–Crippen MR) is 80.5 cm³/mol. The lowest BCUT2D eigenvalue weighted by atomic mass is 9.87. The van der Waals surface area contributed by atoms with Crippen LogP contribution in [0.2, 0.25) is 0 Å². The lowest BCUT2D eigenvalue weighted by Crippen LogP contribution is -2.39. The number of fused-ring (bicyclic) bond motifs is 1. The zero-order valence-electron chi connectivity index (χ0n) is 12.3. The van der Waals surface area contributed by atoms with Crippen molar-refractivity contribution in [3.63, 3.8) is 0 Å². The van der Waals surface area contributed by atoms with Gasteiger partial charge in [-0.25, -0.2) is 0 Å². The van der Waals surface area contributed by atoms with Gasteiger partial charge in [0.25, 0.3) is 0 Å². The van der Waals surface area contributed by atoms with Gasteiger partial charge in [-0.1, -0.05) is 24.3 Å². The van der Waals surface area contributed by atoms with Crippen molar-refractivity contribution < 1.29 is 4.79 Å². The van der Waals surface area contributed by atoms with Gasteiger partial charge in [-0.2, -0.15) is 0 Å². The van der Waals surface area contributed by atoms with E-state index < -0.39 is 0 Å². The Morgan fingerprint density at radius 2 is 2.10 bits per heavy atom. The van der Waals surface area contributed by atoms with Crippen molar-refractivity contribution >= 4 is 5.91 Å². The first-order valence-electron chi connectivity index (χ1n) is 7.80. The molecule has 0 heterocycles. The third-order valence-electron chi connectivity index (χ3n) is 4.60. The van der Waals surface area contributed by atoms with E-state index in [-0.39, 0.29) is 11.9 Å². The van der Waals surface area contributed by atoms with Crippen molar-refractivity contribution in [3.8, 4) is 0 Å². The maximum absolute atomic E-state index is 12.3. The van der Waals surface area contributed by atoms with Gasteiger partial charge < -0.3 is 10.2 Å². The normalized spacial score (nSPS) is 21.4. The molecule has 0 saturated heterocycles. The van der Waals surface area contributed by atoms with Gasteiger partial charge >= 0.3 is 0 Å². The Labute approximate surface area is 121 Å². The highest BCUT2D eigenvalue weighted by Crippen LogP contribution is 2.33. The zero-order chi connectivity index (χ0) is 13.9. The van der Waals surface area contributed by atoms with Crippen LogP contribution < -0.4 is 5.32 Å². The van der Waals surface area contributed by atoms with Crippen LogP contribution in [0.15, 0.2) is 24.3 Å². The Hall–Kier alpha value is -1.35. The molecule has 0 aliphatic heterocycles. The van der Waals surface area contributed by atoms with Gasteiger partial charge in [0.1, 0.15) is 0 Å². The summed E-state index contributed by atoms with van der Waals surface area (Å²) < 4.78 is 0. The van der Waals surface area contributed by atoms with E-state index in [1.807, 2.05) is 11.9 Å². The third kappa shape index (κ3) is 3.04. The van der Waals surface area contributed by atoms with Crippen LogP contribution in [0.25, 0.3) is 0 Å². The first-order valence-corrected chi connectivity index (χ1v) is 7.80. The first kappa shape index (κ1) is 13.6. The Balaban J connectivity index is 1.61. The number of rotatable bonds is 5. The molecule has 1 atom stereocenters. The van der Waals surface area contributed by atoms with Crippen LogP contribution in [0, 0.1) is 5.92 Å². The molecule has 1 N–H and O–H groups in total. The van der Waals surface area contributed by atoms with E-state index >= 15 is 0 Å². The summed E-state index contributed by atoms with van der Waals surface area (Å²) in [5, 5.41) is 3.30. The number of hydrogen-bond acceptors (Lipinski definition) is 2. The second-order valence-electron chi connectivity index (χ2n) is 6.19. The SMILES string of the molecule is CN(C(=O)CNCC1CC1)C1CCCc2ccccc21. The lowest BCUT2D eigenvalue weighted by Gasteiger charge is -2.33. The molecular weight excluding hydrogens is 248 g/mol. The second-order valence-corrected chi connectivity index (χ2v) is 6.19. The summed E-state index contributed by atoms with van der Waals surface area (Å²) >= 11 is 0. The van der Waals surface area contributed by atoms with Gasteiger partial charge in [0, 0.05) is 7.05 Å². The van der Waals surface area contributed by atoms with Crippen molar-refractivity contribution in [3.05, 3.63) is 35.4 Å².